The molecule has 1 amide bonds. The summed E-state index contributed by atoms with van der Waals surface area (Å²) in [4.78, 5) is 16.8. The number of carbonyl (C=O) groups is 1. The molecule has 3 rings (SSSR count). The van der Waals surface area contributed by atoms with Crippen molar-refractivity contribution in [1.82, 2.24) is 5.32 Å². The van der Waals surface area contributed by atoms with Crippen molar-refractivity contribution in [1.29, 1.82) is 0 Å². The largest absolute Gasteiger partial charge is 0.484 e. The molecule has 0 aliphatic carbocycles. The van der Waals surface area contributed by atoms with Crippen molar-refractivity contribution in [2.45, 2.75) is 13.0 Å². The van der Waals surface area contributed by atoms with Crippen LogP contribution in [0.5, 0.6) is 5.75 Å². The van der Waals surface area contributed by atoms with Crippen LogP contribution in [0.25, 0.3) is 0 Å². The molecule has 0 radical (unpaired) electrons. The Morgan fingerprint density at radius 2 is 2.07 bits per heavy atom. The zero-order valence-corrected chi connectivity index (χ0v) is 17.5. The number of hydrogen-bond donors (Lipinski definition) is 3. The van der Waals surface area contributed by atoms with E-state index < -0.39 is 0 Å². The summed E-state index contributed by atoms with van der Waals surface area (Å²) < 4.78 is 5.66. The van der Waals surface area contributed by atoms with Crippen molar-refractivity contribution in [2.75, 3.05) is 46.4 Å². The number of amides is 1. The fourth-order valence-electron chi connectivity index (χ4n) is 3.47. The Morgan fingerprint density at radius 1 is 1.30 bits per heavy atom. The molecule has 0 spiro atoms. The third kappa shape index (κ3) is 5.69. The van der Waals surface area contributed by atoms with Gasteiger partial charge in [-0.2, -0.15) is 0 Å². The third-order valence-corrected chi connectivity index (χ3v) is 6.35. The SMILES string of the molecule is Cc1cc(Cl)ccc1OCC(=O)NC[C@H](c1cccs1)[NH+]1CC[NH+](C)CC1. The number of piperazine rings is 1. The fourth-order valence-corrected chi connectivity index (χ4v) is 4.58. The molecule has 1 saturated heterocycles. The highest BCUT2D eigenvalue weighted by atomic mass is 35.5. The van der Waals surface area contributed by atoms with Crippen molar-refractivity contribution < 1.29 is 19.3 Å². The maximum absolute atomic E-state index is 12.3. The zero-order valence-electron chi connectivity index (χ0n) is 15.9. The molecule has 146 valence electrons. The zero-order chi connectivity index (χ0) is 19.2. The average Bonchev–Trinajstić information content (AvgIpc) is 3.17. The summed E-state index contributed by atoms with van der Waals surface area (Å²) in [6.07, 6.45) is 0. The van der Waals surface area contributed by atoms with Crippen molar-refractivity contribution in [3.8, 4) is 5.75 Å². The van der Waals surface area contributed by atoms with E-state index in [4.69, 9.17) is 16.3 Å². The third-order valence-electron chi connectivity index (χ3n) is 5.12. The number of benzene rings is 1. The number of ether oxygens (including phenoxy) is 1. The summed E-state index contributed by atoms with van der Waals surface area (Å²) in [6, 6.07) is 9.97. The Balaban J connectivity index is 1.54. The Kier molecular flexibility index (Phi) is 7.13. The number of likely N-dealkylation sites (N-methyl/N-ethyl adjacent to an activating group) is 1. The molecule has 27 heavy (non-hydrogen) atoms. The van der Waals surface area contributed by atoms with E-state index in [2.05, 4.69) is 29.9 Å². The first-order chi connectivity index (χ1) is 13.0. The standard InChI is InChI=1S/C20H26ClN3O2S/c1-15-12-16(21)5-6-18(15)26-14-20(25)22-13-17(19-4-3-11-27-19)24-9-7-23(2)8-10-24/h3-6,11-12,17H,7-10,13-14H2,1-2H3,(H,22,25)/p+2/t17-/m1/s1. The van der Waals surface area contributed by atoms with Crippen molar-refractivity contribution in [2.24, 2.45) is 0 Å². The van der Waals surface area contributed by atoms with Gasteiger partial charge < -0.3 is 19.9 Å². The van der Waals surface area contributed by atoms with Gasteiger partial charge in [0.1, 0.15) is 38.0 Å². The highest BCUT2D eigenvalue weighted by Crippen LogP contribution is 2.21. The lowest BCUT2D eigenvalue weighted by Crippen LogP contribution is -3.27. The molecule has 0 saturated carbocycles. The van der Waals surface area contributed by atoms with Gasteiger partial charge in [-0.1, -0.05) is 17.7 Å². The summed E-state index contributed by atoms with van der Waals surface area (Å²) in [6.45, 7) is 7.17. The van der Waals surface area contributed by atoms with E-state index in [1.807, 2.05) is 13.0 Å². The molecule has 2 aromatic rings. The van der Waals surface area contributed by atoms with Gasteiger partial charge in [0.15, 0.2) is 6.61 Å². The maximum atomic E-state index is 12.3. The number of thiophene rings is 1. The highest BCUT2D eigenvalue weighted by molar-refractivity contribution is 7.10. The van der Waals surface area contributed by atoms with Gasteiger partial charge in [0.2, 0.25) is 0 Å². The first-order valence-electron chi connectivity index (χ1n) is 9.38. The average molecular weight is 410 g/mol. The normalized spacial score (nSPS) is 20.9. The van der Waals surface area contributed by atoms with Crippen LogP contribution < -0.4 is 19.9 Å². The van der Waals surface area contributed by atoms with Gasteiger partial charge in [0.05, 0.1) is 18.5 Å². The second kappa shape index (κ2) is 9.55. The van der Waals surface area contributed by atoms with Gasteiger partial charge in [0, 0.05) is 5.02 Å². The smallest absolute Gasteiger partial charge is 0.258 e. The second-order valence-corrected chi connectivity index (χ2v) is 8.60. The summed E-state index contributed by atoms with van der Waals surface area (Å²) >= 11 is 7.73. The van der Waals surface area contributed by atoms with E-state index in [0.29, 0.717) is 23.4 Å². The molecule has 0 bridgehead atoms. The second-order valence-electron chi connectivity index (χ2n) is 7.19. The van der Waals surface area contributed by atoms with Crippen LogP contribution in [0.2, 0.25) is 5.02 Å². The number of halogens is 1. The molecular formula is C20H28ClN3O2S+2. The van der Waals surface area contributed by atoms with Crippen LogP contribution >= 0.6 is 22.9 Å². The fraction of sp³-hybridized carbons (Fsp3) is 0.450. The molecule has 1 fully saturated rings. The van der Waals surface area contributed by atoms with Crippen LogP contribution in [0.3, 0.4) is 0 Å². The lowest BCUT2D eigenvalue weighted by Gasteiger charge is -2.33. The van der Waals surface area contributed by atoms with Gasteiger partial charge in [-0.25, -0.2) is 0 Å². The predicted molar refractivity (Wildman–Crippen MR) is 109 cm³/mol. The van der Waals surface area contributed by atoms with E-state index in [9.17, 15) is 4.79 Å². The highest BCUT2D eigenvalue weighted by Gasteiger charge is 2.30. The molecule has 1 aromatic carbocycles. The van der Waals surface area contributed by atoms with Crippen molar-refractivity contribution in [3.63, 3.8) is 0 Å². The van der Waals surface area contributed by atoms with Crippen LogP contribution in [0, 0.1) is 6.92 Å². The molecule has 1 aliphatic heterocycles. The quantitative estimate of drug-likeness (QED) is 0.618. The number of quaternary nitrogens is 2. The van der Waals surface area contributed by atoms with Gasteiger partial charge in [-0.15, -0.1) is 11.3 Å². The Labute approximate surface area is 169 Å². The minimum atomic E-state index is -0.0925. The van der Waals surface area contributed by atoms with E-state index in [0.717, 1.165) is 18.7 Å². The number of aryl methyl sites for hydroxylation is 1. The first kappa shape index (κ1) is 20.1. The van der Waals surface area contributed by atoms with Crippen LogP contribution in [0.4, 0.5) is 0 Å². The molecular weight excluding hydrogens is 382 g/mol. The van der Waals surface area contributed by atoms with Gasteiger partial charge >= 0.3 is 0 Å². The number of carbonyl (C=O) groups excluding carboxylic acids is 1. The lowest BCUT2D eigenvalue weighted by molar-refractivity contribution is -1.02. The summed E-state index contributed by atoms with van der Waals surface area (Å²) in [5, 5.41) is 5.84. The van der Waals surface area contributed by atoms with E-state index in [1.165, 1.54) is 18.0 Å². The first-order valence-corrected chi connectivity index (χ1v) is 10.6. The number of nitrogens with one attached hydrogen (secondary N) is 3. The number of rotatable bonds is 7. The molecule has 1 aromatic heterocycles. The van der Waals surface area contributed by atoms with E-state index in [-0.39, 0.29) is 12.5 Å². The van der Waals surface area contributed by atoms with Gasteiger partial charge in [-0.3, -0.25) is 4.79 Å². The van der Waals surface area contributed by atoms with Crippen LogP contribution in [0.1, 0.15) is 16.5 Å². The topological polar surface area (TPSA) is 47.2 Å². The number of hydrogen-bond acceptors (Lipinski definition) is 3. The molecule has 3 N–H and O–H groups in total. The summed E-state index contributed by atoms with van der Waals surface area (Å²) in [5.74, 6) is 0.599. The van der Waals surface area contributed by atoms with E-state index >= 15 is 0 Å². The molecule has 0 unspecified atom stereocenters. The summed E-state index contributed by atoms with van der Waals surface area (Å²) in [7, 11) is 2.24. The van der Waals surface area contributed by atoms with E-state index in [1.54, 1.807) is 33.3 Å². The van der Waals surface area contributed by atoms with Gasteiger partial charge in [0.25, 0.3) is 5.91 Å². The monoisotopic (exact) mass is 409 g/mol. The predicted octanol–water partition coefficient (Wildman–Crippen LogP) is 0.359. The summed E-state index contributed by atoms with van der Waals surface area (Å²) in [5.41, 5.74) is 0.927. The van der Waals surface area contributed by atoms with Crippen LogP contribution in [-0.4, -0.2) is 52.3 Å². The Bertz CT molecular complexity index is 746. The maximum Gasteiger partial charge on any atom is 0.258 e. The van der Waals surface area contributed by atoms with Crippen molar-refractivity contribution >= 4 is 28.8 Å². The van der Waals surface area contributed by atoms with Crippen LogP contribution in [-0.2, 0) is 4.79 Å². The minimum absolute atomic E-state index is 0.0157. The molecule has 2 heterocycles. The molecule has 1 aliphatic rings. The molecule has 7 heteroatoms. The molecule has 5 nitrogen and oxygen atoms in total. The molecule has 1 atom stereocenters. The Morgan fingerprint density at radius 3 is 2.74 bits per heavy atom. The lowest BCUT2D eigenvalue weighted by atomic mass is 10.1. The van der Waals surface area contributed by atoms with Gasteiger partial charge in [-0.05, 0) is 42.1 Å². The minimum Gasteiger partial charge on any atom is -0.484 e. The Hall–Kier alpha value is -1.60. The van der Waals surface area contributed by atoms with Crippen LogP contribution in [0.15, 0.2) is 35.7 Å². The van der Waals surface area contributed by atoms with Crippen molar-refractivity contribution in [3.05, 3.63) is 51.2 Å².